The average molecular weight is 234 g/mol. The van der Waals surface area contributed by atoms with Crippen molar-refractivity contribution in [1.29, 1.82) is 0 Å². The first-order valence-electron chi connectivity index (χ1n) is 6.28. The third-order valence-electron chi connectivity index (χ3n) is 3.05. The summed E-state index contributed by atoms with van der Waals surface area (Å²) in [7, 11) is 0. The molecule has 2 nitrogen and oxygen atoms in total. The van der Waals surface area contributed by atoms with Gasteiger partial charge in [0, 0.05) is 13.0 Å². The fraction of sp³-hybridized carbons (Fsp3) is 0.533. The summed E-state index contributed by atoms with van der Waals surface area (Å²) in [5.41, 5.74) is 3.58. The molecule has 0 aliphatic rings. The number of rotatable bonds is 6. The summed E-state index contributed by atoms with van der Waals surface area (Å²) >= 11 is 0. The van der Waals surface area contributed by atoms with E-state index in [2.05, 4.69) is 26.0 Å². The second-order valence-corrected chi connectivity index (χ2v) is 4.41. The molecule has 0 aliphatic heterocycles. The minimum absolute atomic E-state index is 0.178. The molecule has 0 aliphatic carbocycles. The lowest BCUT2D eigenvalue weighted by Crippen LogP contribution is -2.25. The molecule has 0 spiro atoms. The number of Topliss-reactive ketones (excluding diaryl/α,β-unsaturated/α-hetero) is 1. The summed E-state index contributed by atoms with van der Waals surface area (Å²) < 4.78 is 5.43. The Kier molecular flexibility index (Phi) is 5.36. The number of carbonyl (C=O) groups excluding carboxylic acids is 1. The number of benzene rings is 1. The van der Waals surface area contributed by atoms with E-state index >= 15 is 0 Å². The average Bonchev–Trinajstić information content (AvgIpc) is 2.30. The SMILES string of the molecule is CCOC(CC)C(=O)Cc1ccc(C)c(C)c1. The van der Waals surface area contributed by atoms with Gasteiger partial charge in [-0.3, -0.25) is 4.79 Å². The van der Waals surface area contributed by atoms with Gasteiger partial charge in [0.05, 0.1) is 0 Å². The molecule has 0 bridgehead atoms. The fourth-order valence-electron chi connectivity index (χ4n) is 1.87. The Morgan fingerprint density at radius 1 is 1.24 bits per heavy atom. The molecule has 0 aromatic heterocycles. The van der Waals surface area contributed by atoms with Crippen LogP contribution in [0.4, 0.5) is 0 Å². The standard InChI is InChI=1S/C15H22O2/c1-5-15(17-6-2)14(16)10-13-8-7-11(3)12(4)9-13/h7-9,15H,5-6,10H2,1-4H3. The highest BCUT2D eigenvalue weighted by molar-refractivity contribution is 5.85. The highest BCUT2D eigenvalue weighted by Gasteiger charge is 2.16. The Morgan fingerprint density at radius 3 is 2.47 bits per heavy atom. The van der Waals surface area contributed by atoms with Crippen molar-refractivity contribution in [2.45, 2.75) is 46.6 Å². The lowest BCUT2D eigenvalue weighted by Gasteiger charge is -2.14. The molecule has 0 amide bonds. The highest BCUT2D eigenvalue weighted by atomic mass is 16.5. The molecule has 0 saturated carbocycles. The third-order valence-corrected chi connectivity index (χ3v) is 3.05. The molecule has 2 heteroatoms. The summed E-state index contributed by atoms with van der Waals surface area (Å²) in [6, 6.07) is 6.18. The molecule has 1 aromatic rings. The quantitative estimate of drug-likeness (QED) is 0.755. The van der Waals surface area contributed by atoms with Crippen LogP contribution < -0.4 is 0 Å². The summed E-state index contributed by atoms with van der Waals surface area (Å²) in [5, 5.41) is 0. The monoisotopic (exact) mass is 234 g/mol. The topological polar surface area (TPSA) is 26.3 Å². The molecule has 94 valence electrons. The van der Waals surface area contributed by atoms with Crippen molar-refractivity contribution in [2.75, 3.05) is 6.61 Å². The van der Waals surface area contributed by atoms with Crippen molar-refractivity contribution < 1.29 is 9.53 Å². The summed E-state index contributed by atoms with van der Waals surface area (Å²) in [6.45, 7) is 8.65. The lowest BCUT2D eigenvalue weighted by atomic mass is 10.00. The van der Waals surface area contributed by atoms with Crippen LogP contribution in [0.2, 0.25) is 0 Å². The Labute approximate surface area is 104 Å². The van der Waals surface area contributed by atoms with Crippen LogP contribution in [0.15, 0.2) is 18.2 Å². The van der Waals surface area contributed by atoms with Gasteiger partial charge in [0.1, 0.15) is 6.10 Å². The van der Waals surface area contributed by atoms with Gasteiger partial charge in [-0.2, -0.15) is 0 Å². The van der Waals surface area contributed by atoms with Gasteiger partial charge in [-0.25, -0.2) is 0 Å². The second kappa shape index (κ2) is 6.55. The molecule has 0 radical (unpaired) electrons. The minimum Gasteiger partial charge on any atom is -0.371 e. The summed E-state index contributed by atoms with van der Waals surface area (Å²) in [6.07, 6.45) is 0.971. The Hall–Kier alpha value is -1.15. The predicted octanol–water partition coefficient (Wildman–Crippen LogP) is 3.23. The largest absolute Gasteiger partial charge is 0.371 e. The van der Waals surface area contributed by atoms with Crippen molar-refractivity contribution in [2.24, 2.45) is 0 Å². The van der Waals surface area contributed by atoms with E-state index in [9.17, 15) is 4.79 Å². The Morgan fingerprint density at radius 2 is 1.94 bits per heavy atom. The summed E-state index contributed by atoms with van der Waals surface area (Å²) in [4.78, 5) is 12.0. The zero-order chi connectivity index (χ0) is 12.8. The highest BCUT2D eigenvalue weighted by Crippen LogP contribution is 2.12. The van der Waals surface area contributed by atoms with E-state index in [-0.39, 0.29) is 11.9 Å². The predicted molar refractivity (Wildman–Crippen MR) is 70.3 cm³/mol. The number of ether oxygens (including phenoxy) is 1. The van der Waals surface area contributed by atoms with Gasteiger partial charge in [-0.15, -0.1) is 0 Å². The van der Waals surface area contributed by atoms with E-state index < -0.39 is 0 Å². The molecule has 1 atom stereocenters. The van der Waals surface area contributed by atoms with Gasteiger partial charge in [0.25, 0.3) is 0 Å². The Bertz CT molecular complexity index is 383. The van der Waals surface area contributed by atoms with Crippen molar-refractivity contribution in [3.8, 4) is 0 Å². The van der Waals surface area contributed by atoms with Crippen molar-refractivity contribution in [3.05, 3.63) is 34.9 Å². The van der Waals surface area contributed by atoms with Crippen molar-refractivity contribution in [3.63, 3.8) is 0 Å². The number of carbonyl (C=O) groups is 1. The molecule has 1 rings (SSSR count). The van der Waals surface area contributed by atoms with Crippen LogP contribution >= 0.6 is 0 Å². The van der Waals surface area contributed by atoms with Gasteiger partial charge >= 0.3 is 0 Å². The van der Waals surface area contributed by atoms with E-state index in [4.69, 9.17) is 4.74 Å². The van der Waals surface area contributed by atoms with E-state index in [1.54, 1.807) is 0 Å². The molecule has 1 unspecified atom stereocenters. The van der Waals surface area contributed by atoms with Crippen LogP contribution in [0.1, 0.15) is 37.0 Å². The summed E-state index contributed by atoms with van der Waals surface area (Å²) in [5.74, 6) is 0.178. The molecule has 0 fully saturated rings. The molecule has 0 N–H and O–H groups in total. The van der Waals surface area contributed by atoms with E-state index in [0.29, 0.717) is 13.0 Å². The van der Waals surface area contributed by atoms with Crippen molar-refractivity contribution in [1.82, 2.24) is 0 Å². The Balaban J connectivity index is 2.69. The number of hydrogen-bond donors (Lipinski definition) is 0. The van der Waals surface area contributed by atoms with Gasteiger partial charge in [-0.05, 0) is 43.9 Å². The van der Waals surface area contributed by atoms with Gasteiger partial charge in [0.15, 0.2) is 5.78 Å². The maximum atomic E-state index is 12.0. The molecule has 0 heterocycles. The fourth-order valence-corrected chi connectivity index (χ4v) is 1.87. The number of hydrogen-bond acceptors (Lipinski definition) is 2. The van der Waals surface area contributed by atoms with E-state index in [1.165, 1.54) is 11.1 Å². The van der Waals surface area contributed by atoms with Gasteiger partial charge < -0.3 is 4.74 Å². The van der Waals surface area contributed by atoms with Crippen molar-refractivity contribution >= 4 is 5.78 Å². The van der Waals surface area contributed by atoms with Crippen LogP contribution in [-0.4, -0.2) is 18.5 Å². The van der Waals surface area contributed by atoms with Crippen LogP contribution in [0, 0.1) is 13.8 Å². The maximum Gasteiger partial charge on any atom is 0.165 e. The first kappa shape index (κ1) is 13.9. The zero-order valence-corrected chi connectivity index (χ0v) is 11.2. The lowest BCUT2D eigenvalue weighted by molar-refractivity contribution is -0.129. The first-order valence-corrected chi connectivity index (χ1v) is 6.28. The molecular formula is C15H22O2. The van der Waals surface area contributed by atoms with Crippen LogP contribution in [-0.2, 0) is 16.0 Å². The normalized spacial score (nSPS) is 12.5. The third kappa shape index (κ3) is 3.97. The van der Waals surface area contributed by atoms with E-state index in [1.807, 2.05) is 19.9 Å². The maximum absolute atomic E-state index is 12.0. The van der Waals surface area contributed by atoms with Gasteiger partial charge in [0.2, 0.25) is 0 Å². The van der Waals surface area contributed by atoms with Crippen LogP contribution in [0.5, 0.6) is 0 Å². The smallest absolute Gasteiger partial charge is 0.165 e. The van der Waals surface area contributed by atoms with Crippen LogP contribution in [0.3, 0.4) is 0 Å². The second-order valence-electron chi connectivity index (χ2n) is 4.41. The van der Waals surface area contributed by atoms with Gasteiger partial charge in [-0.1, -0.05) is 25.1 Å². The van der Waals surface area contributed by atoms with E-state index in [0.717, 1.165) is 12.0 Å². The number of ketones is 1. The number of aryl methyl sites for hydroxylation is 2. The zero-order valence-electron chi connectivity index (χ0n) is 11.2. The molecule has 1 aromatic carbocycles. The molecule has 0 saturated heterocycles. The molecule has 17 heavy (non-hydrogen) atoms. The van der Waals surface area contributed by atoms with Crippen LogP contribution in [0.25, 0.3) is 0 Å². The minimum atomic E-state index is -0.249. The first-order chi connectivity index (χ1) is 8.08. The molecular weight excluding hydrogens is 212 g/mol.